The molecule has 0 saturated heterocycles. The molecule has 2 aromatic heterocycles. The van der Waals surface area contributed by atoms with E-state index in [1.54, 1.807) is 6.20 Å². The van der Waals surface area contributed by atoms with Gasteiger partial charge < -0.3 is 5.32 Å². The number of hydrogen-bond donors (Lipinski definition) is 1. The molecular weight excluding hydrogens is 401 g/mol. The SMILES string of the molecule is O=C(CSc1nnc(-c2ccccn2)n1Cc1ccccc1)Nc1ccc(F)cc1. The normalized spacial score (nSPS) is 10.7. The van der Waals surface area contributed by atoms with E-state index in [4.69, 9.17) is 0 Å². The molecule has 4 aromatic rings. The van der Waals surface area contributed by atoms with Gasteiger partial charge in [0.2, 0.25) is 5.91 Å². The lowest BCUT2D eigenvalue weighted by atomic mass is 10.2. The molecule has 1 amide bonds. The molecule has 0 unspecified atom stereocenters. The average Bonchev–Trinajstić information content (AvgIpc) is 3.17. The molecule has 1 N–H and O–H groups in total. The van der Waals surface area contributed by atoms with Crippen molar-refractivity contribution >= 4 is 23.4 Å². The Balaban J connectivity index is 1.52. The summed E-state index contributed by atoms with van der Waals surface area (Å²) >= 11 is 1.29. The summed E-state index contributed by atoms with van der Waals surface area (Å²) in [4.78, 5) is 16.7. The molecule has 0 fully saturated rings. The average molecular weight is 419 g/mol. The molecule has 2 aromatic carbocycles. The molecule has 0 saturated carbocycles. The molecule has 0 aliphatic rings. The van der Waals surface area contributed by atoms with E-state index in [9.17, 15) is 9.18 Å². The first-order valence-corrected chi connectivity index (χ1v) is 10.2. The highest BCUT2D eigenvalue weighted by atomic mass is 32.2. The minimum Gasteiger partial charge on any atom is -0.325 e. The van der Waals surface area contributed by atoms with Gasteiger partial charge in [0, 0.05) is 11.9 Å². The van der Waals surface area contributed by atoms with Crippen molar-refractivity contribution in [3.05, 3.63) is 90.4 Å². The number of halogens is 1. The van der Waals surface area contributed by atoms with Crippen LogP contribution in [0.1, 0.15) is 5.56 Å². The predicted molar refractivity (Wildman–Crippen MR) is 115 cm³/mol. The summed E-state index contributed by atoms with van der Waals surface area (Å²) in [6.07, 6.45) is 1.71. The fourth-order valence-corrected chi connectivity index (χ4v) is 3.59. The molecule has 0 spiro atoms. The molecular formula is C22H18FN5OS. The summed E-state index contributed by atoms with van der Waals surface area (Å²) in [5.41, 5.74) is 2.34. The summed E-state index contributed by atoms with van der Waals surface area (Å²) in [5, 5.41) is 12.0. The Hall–Kier alpha value is -3.52. The molecule has 8 heteroatoms. The van der Waals surface area contributed by atoms with Crippen LogP contribution in [0, 0.1) is 5.82 Å². The van der Waals surface area contributed by atoms with Gasteiger partial charge in [-0.3, -0.25) is 14.3 Å². The summed E-state index contributed by atoms with van der Waals surface area (Å²) in [7, 11) is 0. The number of rotatable bonds is 7. The van der Waals surface area contributed by atoms with Crippen molar-refractivity contribution in [2.24, 2.45) is 0 Å². The smallest absolute Gasteiger partial charge is 0.234 e. The van der Waals surface area contributed by atoms with E-state index in [1.807, 2.05) is 53.1 Å². The second kappa shape index (κ2) is 9.32. The van der Waals surface area contributed by atoms with Crippen LogP contribution in [-0.2, 0) is 11.3 Å². The maximum Gasteiger partial charge on any atom is 0.234 e. The van der Waals surface area contributed by atoms with E-state index in [-0.39, 0.29) is 17.5 Å². The van der Waals surface area contributed by atoms with Crippen LogP contribution in [0.25, 0.3) is 11.5 Å². The summed E-state index contributed by atoms with van der Waals surface area (Å²) in [6.45, 7) is 0.557. The van der Waals surface area contributed by atoms with Crippen LogP contribution in [0.3, 0.4) is 0 Å². The van der Waals surface area contributed by atoms with Crippen LogP contribution in [0.15, 0.2) is 84.1 Å². The van der Waals surface area contributed by atoms with Gasteiger partial charge in [0.05, 0.1) is 12.3 Å². The molecule has 2 heterocycles. The summed E-state index contributed by atoms with van der Waals surface area (Å²) < 4.78 is 15.0. The molecule has 0 atom stereocenters. The molecule has 0 bridgehead atoms. The van der Waals surface area contributed by atoms with E-state index >= 15 is 0 Å². The van der Waals surface area contributed by atoms with Crippen LogP contribution in [0.4, 0.5) is 10.1 Å². The molecule has 30 heavy (non-hydrogen) atoms. The zero-order valence-corrected chi connectivity index (χ0v) is 16.7. The van der Waals surface area contributed by atoms with Crippen molar-refractivity contribution in [1.29, 1.82) is 0 Å². The zero-order valence-electron chi connectivity index (χ0n) is 15.9. The van der Waals surface area contributed by atoms with Crippen molar-refractivity contribution < 1.29 is 9.18 Å². The maximum absolute atomic E-state index is 13.0. The van der Waals surface area contributed by atoms with E-state index in [0.29, 0.717) is 28.9 Å². The van der Waals surface area contributed by atoms with Gasteiger partial charge in [-0.1, -0.05) is 48.2 Å². The number of carbonyl (C=O) groups excluding carboxylic acids is 1. The molecule has 0 radical (unpaired) electrons. The van der Waals surface area contributed by atoms with Crippen LogP contribution in [-0.4, -0.2) is 31.4 Å². The number of pyridine rings is 1. The highest BCUT2D eigenvalue weighted by Gasteiger charge is 2.17. The Morgan fingerprint density at radius 3 is 2.47 bits per heavy atom. The van der Waals surface area contributed by atoms with Crippen molar-refractivity contribution in [3.63, 3.8) is 0 Å². The first kappa shape index (κ1) is 19.8. The third-order valence-electron chi connectivity index (χ3n) is 4.25. The van der Waals surface area contributed by atoms with E-state index < -0.39 is 0 Å². The van der Waals surface area contributed by atoms with Gasteiger partial charge in [0.15, 0.2) is 11.0 Å². The zero-order chi connectivity index (χ0) is 20.8. The van der Waals surface area contributed by atoms with Crippen LogP contribution >= 0.6 is 11.8 Å². The Labute approximate surface area is 177 Å². The van der Waals surface area contributed by atoms with Gasteiger partial charge in [-0.25, -0.2) is 4.39 Å². The minimum absolute atomic E-state index is 0.145. The van der Waals surface area contributed by atoms with Gasteiger partial charge in [-0.15, -0.1) is 10.2 Å². The minimum atomic E-state index is -0.349. The van der Waals surface area contributed by atoms with Gasteiger partial charge >= 0.3 is 0 Å². The first-order chi connectivity index (χ1) is 14.7. The first-order valence-electron chi connectivity index (χ1n) is 9.26. The van der Waals surface area contributed by atoms with Crippen molar-refractivity contribution in [2.45, 2.75) is 11.7 Å². The number of benzene rings is 2. The Morgan fingerprint density at radius 2 is 1.73 bits per heavy atom. The van der Waals surface area contributed by atoms with Crippen molar-refractivity contribution in [2.75, 3.05) is 11.1 Å². The number of anilines is 1. The Morgan fingerprint density at radius 1 is 0.967 bits per heavy atom. The molecule has 0 aliphatic carbocycles. The monoisotopic (exact) mass is 419 g/mol. The van der Waals surface area contributed by atoms with E-state index in [2.05, 4.69) is 20.5 Å². The van der Waals surface area contributed by atoms with Crippen LogP contribution in [0.2, 0.25) is 0 Å². The number of nitrogens with zero attached hydrogens (tertiary/aromatic N) is 4. The molecule has 4 rings (SSSR count). The number of nitrogens with one attached hydrogen (secondary N) is 1. The molecule has 150 valence electrons. The van der Waals surface area contributed by atoms with Crippen LogP contribution in [0.5, 0.6) is 0 Å². The largest absolute Gasteiger partial charge is 0.325 e. The third-order valence-corrected chi connectivity index (χ3v) is 5.22. The second-order valence-corrected chi connectivity index (χ2v) is 7.38. The fraction of sp³-hybridized carbons (Fsp3) is 0.0909. The highest BCUT2D eigenvalue weighted by molar-refractivity contribution is 7.99. The lowest BCUT2D eigenvalue weighted by Gasteiger charge is -2.10. The van der Waals surface area contributed by atoms with Gasteiger partial charge in [-0.05, 0) is 42.0 Å². The third kappa shape index (κ3) is 4.90. The van der Waals surface area contributed by atoms with E-state index in [0.717, 1.165) is 5.56 Å². The number of carbonyl (C=O) groups is 1. The maximum atomic E-state index is 13.0. The standard InChI is InChI=1S/C22H18FN5OS/c23-17-9-11-18(12-10-17)25-20(29)15-30-22-27-26-21(19-8-4-5-13-24-19)28(22)14-16-6-2-1-3-7-16/h1-13H,14-15H2,(H,25,29). The lowest BCUT2D eigenvalue weighted by Crippen LogP contribution is -2.15. The van der Waals surface area contributed by atoms with Crippen LogP contribution < -0.4 is 5.32 Å². The quantitative estimate of drug-likeness (QED) is 0.453. The van der Waals surface area contributed by atoms with E-state index in [1.165, 1.54) is 36.0 Å². The number of thioether (sulfide) groups is 1. The summed E-state index contributed by atoms with van der Waals surface area (Å²) in [5.74, 6) is 0.228. The molecule has 0 aliphatic heterocycles. The van der Waals surface area contributed by atoms with Gasteiger partial charge in [0.1, 0.15) is 11.5 Å². The highest BCUT2D eigenvalue weighted by Crippen LogP contribution is 2.24. The van der Waals surface area contributed by atoms with Crippen molar-refractivity contribution in [1.82, 2.24) is 19.7 Å². The number of amides is 1. The predicted octanol–water partition coefficient (Wildman–Crippen LogP) is 4.26. The Kier molecular flexibility index (Phi) is 6.14. The number of hydrogen-bond acceptors (Lipinski definition) is 5. The fourth-order valence-electron chi connectivity index (χ4n) is 2.85. The Bertz CT molecular complexity index is 1120. The number of aromatic nitrogens is 4. The lowest BCUT2D eigenvalue weighted by molar-refractivity contribution is -0.113. The second-order valence-electron chi connectivity index (χ2n) is 6.44. The van der Waals surface area contributed by atoms with Gasteiger partial charge in [0.25, 0.3) is 0 Å². The summed E-state index contributed by atoms with van der Waals surface area (Å²) in [6, 6.07) is 21.2. The van der Waals surface area contributed by atoms with Crippen molar-refractivity contribution in [3.8, 4) is 11.5 Å². The van der Waals surface area contributed by atoms with Gasteiger partial charge in [-0.2, -0.15) is 0 Å². The topological polar surface area (TPSA) is 72.7 Å². The molecule has 6 nitrogen and oxygen atoms in total.